The molecule has 1 aromatic carbocycles. The van der Waals surface area contributed by atoms with Crippen molar-refractivity contribution in [3.05, 3.63) is 65.4 Å². The normalized spacial score (nSPS) is 24.8. The van der Waals surface area contributed by atoms with E-state index in [2.05, 4.69) is 15.4 Å². The van der Waals surface area contributed by atoms with Crippen LogP contribution in [0.25, 0.3) is 11.3 Å². The van der Waals surface area contributed by atoms with Crippen LogP contribution in [0.1, 0.15) is 42.6 Å². The lowest BCUT2D eigenvalue weighted by Crippen LogP contribution is -2.58. The number of nitrogens with zero attached hydrogens (tertiary/aromatic N) is 3. The van der Waals surface area contributed by atoms with E-state index in [1.165, 1.54) is 10.9 Å². The zero-order chi connectivity index (χ0) is 24.8. The Bertz CT molecular complexity index is 1210. The van der Waals surface area contributed by atoms with Gasteiger partial charge in [0.2, 0.25) is 0 Å². The number of benzene rings is 1. The van der Waals surface area contributed by atoms with E-state index in [-0.39, 0.29) is 12.1 Å². The minimum absolute atomic E-state index is 0.258. The van der Waals surface area contributed by atoms with Gasteiger partial charge in [0.15, 0.2) is 0 Å². The monoisotopic (exact) mass is 475 g/mol. The van der Waals surface area contributed by atoms with Gasteiger partial charge >= 0.3 is 0 Å². The van der Waals surface area contributed by atoms with Crippen molar-refractivity contribution in [3.8, 4) is 11.3 Å². The lowest BCUT2D eigenvalue weighted by atomic mass is 9.84. The molecule has 0 aliphatic carbocycles. The fourth-order valence-electron chi connectivity index (χ4n) is 3.97. The van der Waals surface area contributed by atoms with Crippen molar-refractivity contribution < 1.29 is 27.8 Å². The number of aromatic nitrogens is 3. The van der Waals surface area contributed by atoms with Crippen molar-refractivity contribution in [2.75, 3.05) is 5.32 Å². The number of carbonyl (C=O) groups is 1. The number of nitrogens with one attached hydrogen (secondary N) is 1. The highest BCUT2D eigenvalue weighted by molar-refractivity contribution is 6.03. The van der Waals surface area contributed by atoms with Crippen LogP contribution in [0.4, 0.5) is 18.9 Å². The van der Waals surface area contributed by atoms with E-state index >= 15 is 0 Å². The van der Waals surface area contributed by atoms with Crippen molar-refractivity contribution in [2.24, 2.45) is 12.8 Å². The van der Waals surface area contributed by atoms with Crippen LogP contribution in [-0.4, -0.2) is 43.5 Å². The molecular formula is C23H24F3N5O3. The summed E-state index contributed by atoms with van der Waals surface area (Å²) >= 11 is 0. The van der Waals surface area contributed by atoms with E-state index < -0.39 is 58.5 Å². The van der Waals surface area contributed by atoms with Gasteiger partial charge in [0.25, 0.3) is 5.91 Å². The molecule has 3 heterocycles. The summed E-state index contributed by atoms with van der Waals surface area (Å²) in [6.45, 7) is 3.30. The van der Waals surface area contributed by atoms with Crippen LogP contribution in [0.5, 0.6) is 0 Å². The van der Waals surface area contributed by atoms with Gasteiger partial charge < -0.3 is 20.9 Å². The standard InChI is InChI=1S/C23H24F3N5O3/c1-11-23(2,33)18(27)9-17(34-11)21-16(10-28-31(21)3)30-22(32)15-8-7-14(26)20(29-15)19-12(24)5-4-6-13(19)25/h4-8,10-11,17-18,33H,9,27H2,1-3H3,(H,30,32)/t11-,17-,18-,23-/m1/s1. The number of anilines is 1. The minimum atomic E-state index is -1.23. The predicted molar refractivity (Wildman–Crippen MR) is 117 cm³/mol. The van der Waals surface area contributed by atoms with E-state index in [9.17, 15) is 23.1 Å². The first-order chi connectivity index (χ1) is 16.0. The number of rotatable bonds is 4. The first-order valence-corrected chi connectivity index (χ1v) is 10.6. The second kappa shape index (κ2) is 8.82. The SMILES string of the molecule is C[C@H]1O[C@@H](c2c(NC(=O)c3ccc(F)c(-c4c(F)cccc4F)n3)cnn2C)C[C@@H](N)[C@]1(C)O. The van der Waals surface area contributed by atoms with Gasteiger partial charge in [0, 0.05) is 13.1 Å². The molecule has 0 unspecified atom stereocenters. The first-order valence-electron chi connectivity index (χ1n) is 10.6. The van der Waals surface area contributed by atoms with E-state index in [4.69, 9.17) is 10.5 Å². The maximum absolute atomic E-state index is 14.4. The van der Waals surface area contributed by atoms with Crippen LogP contribution < -0.4 is 11.1 Å². The Balaban J connectivity index is 1.63. The summed E-state index contributed by atoms with van der Waals surface area (Å²) in [6.07, 6.45) is 0.514. The molecule has 0 bridgehead atoms. The maximum Gasteiger partial charge on any atom is 0.274 e. The first kappa shape index (κ1) is 23.9. The molecule has 8 nitrogen and oxygen atoms in total. The van der Waals surface area contributed by atoms with Crippen molar-refractivity contribution >= 4 is 11.6 Å². The highest BCUT2D eigenvalue weighted by atomic mass is 19.1. The number of pyridine rings is 1. The van der Waals surface area contributed by atoms with Gasteiger partial charge in [-0.05, 0) is 44.5 Å². The molecule has 1 aliphatic heterocycles. The molecule has 1 amide bonds. The Kier molecular flexibility index (Phi) is 6.19. The Morgan fingerprint density at radius 2 is 1.91 bits per heavy atom. The van der Waals surface area contributed by atoms with Gasteiger partial charge in [-0.15, -0.1) is 0 Å². The van der Waals surface area contributed by atoms with E-state index in [1.54, 1.807) is 20.9 Å². The average molecular weight is 475 g/mol. The molecule has 2 aromatic heterocycles. The third kappa shape index (κ3) is 4.17. The summed E-state index contributed by atoms with van der Waals surface area (Å²) in [5, 5.41) is 17.3. The quantitative estimate of drug-likeness (QED) is 0.534. The van der Waals surface area contributed by atoms with Gasteiger partial charge in [-0.25, -0.2) is 18.2 Å². The highest BCUT2D eigenvalue weighted by Gasteiger charge is 2.44. The molecule has 0 saturated carbocycles. The molecule has 4 rings (SSSR count). The maximum atomic E-state index is 14.4. The molecule has 1 saturated heterocycles. The van der Waals surface area contributed by atoms with Gasteiger partial charge in [0.1, 0.15) is 40.5 Å². The molecular weight excluding hydrogens is 451 g/mol. The molecule has 3 aromatic rings. The van der Waals surface area contributed by atoms with E-state index in [0.29, 0.717) is 11.4 Å². The summed E-state index contributed by atoms with van der Waals surface area (Å²) < 4.78 is 50.2. The summed E-state index contributed by atoms with van der Waals surface area (Å²) in [4.78, 5) is 16.8. The Labute approximate surface area is 193 Å². The fraction of sp³-hybridized carbons (Fsp3) is 0.348. The van der Waals surface area contributed by atoms with Crippen LogP contribution in [0, 0.1) is 17.5 Å². The molecule has 11 heteroatoms. The Hall–Kier alpha value is -3.28. The summed E-state index contributed by atoms with van der Waals surface area (Å²) in [7, 11) is 1.66. The number of carbonyl (C=O) groups excluding carboxylic acids is 1. The van der Waals surface area contributed by atoms with Gasteiger partial charge in [-0.2, -0.15) is 5.10 Å². The van der Waals surface area contributed by atoms with Gasteiger partial charge in [-0.3, -0.25) is 9.48 Å². The molecule has 34 heavy (non-hydrogen) atoms. The van der Waals surface area contributed by atoms with E-state index in [0.717, 1.165) is 30.3 Å². The number of nitrogens with two attached hydrogens (primary N) is 1. The number of ether oxygens (including phenoxy) is 1. The van der Waals surface area contributed by atoms with Crippen molar-refractivity contribution in [3.63, 3.8) is 0 Å². The fourth-order valence-corrected chi connectivity index (χ4v) is 3.97. The number of aryl methyl sites for hydroxylation is 1. The van der Waals surface area contributed by atoms with Crippen LogP contribution in [-0.2, 0) is 11.8 Å². The number of hydrogen-bond acceptors (Lipinski definition) is 6. The van der Waals surface area contributed by atoms with Crippen molar-refractivity contribution in [1.82, 2.24) is 14.8 Å². The predicted octanol–water partition coefficient (Wildman–Crippen LogP) is 3.08. The average Bonchev–Trinajstić information content (AvgIpc) is 3.13. The van der Waals surface area contributed by atoms with Crippen LogP contribution in [0.15, 0.2) is 36.5 Å². The highest BCUT2D eigenvalue weighted by Crippen LogP contribution is 2.38. The Morgan fingerprint density at radius 1 is 1.24 bits per heavy atom. The third-order valence-corrected chi connectivity index (χ3v) is 6.23. The molecule has 4 atom stereocenters. The largest absolute Gasteiger partial charge is 0.386 e. The zero-order valence-electron chi connectivity index (χ0n) is 18.7. The third-order valence-electron chi connectivity index (χ3n) is 6.23. The van der Waals surface area contributed by atoms with Crippen LogP contribution in [0.3, 0.4) is 0 Å². The topological polar surface area (TPSA) is 115 Å². The number of hydrogen-bond donors (Lipinski definition) is 3. The summed E-state index contributed by atoms with van der Waals surface area (Å²) in [5.74, 6) is -3.73. The van der Waals surface area contributed by atoms with Crippen molar-refractivity contribution in [1.29, 1.82) is 0 Å². The molecule has 1 fully saturated rings. The number of amides is 1. The second-order valence-corrected chi connectivity index (χ2v) is 8.48. The van der Waals surface area contributed by atoms with Gasteiger partial charge in [-0.1, -0.05) is 6.07 Å². The zero-order valence-corrected chi connectivity index (χ0v) is 18.7. The number of aliphatic hydroxyl groups is 1. The molecule has 180 valence electrons. The smallest absolute Gasteiger partial charge is 0.274 e. The minimum Gasteiger partial charge on any atom is -0.386 e. The van der Waals surface area contributed by atoms with Crippen LogP contribution >= 0.6 is 0 Å². The second-order valence-electron chi connectivity index (χ2n) is 8.48. The van der Waals surface area contributed by atoms with Crippen molar-refractivity contribution in [2.45, 2.75) is 44.1 Å². The lowest BCUT2D eigenvalue weighted by molar-refractivity contribution is -0.172. The summed E-state index contributed by atoms with van der Waals surface area (Å²) in [6, 6.07) is 4.53. The lowest BCUT2D eigenvalue weighted by Gasteiger charge is -2.43. The van der Waals surface area contributed by atoms with Crippen LogP contribution in [0.2, 0.25) is 0 Å². The summed E-state index contributed by atoms with van der Waals surface area (Å²) in [5.41, 5.74) is 4.18. The Morgan fingerprint density at radius 3 is 2.56 bits per heavy atom. The molecule has 0 radical (unpaired) electrons. The van der Waals surface area contributed by atoms with Gasteiger partial charge in [0.05, 0.1) is 29.2 Å². The number of halogens is 3. The molecule has 1 aliphatic rings. The molecule has 4 N–H and O–H groups in total. The van der Waals surface area contributed by atoms with E-state index in [1.807, 2.05) is 0 Å². The molecule has 0 spiro atoms.